The van der Waals surface area contributed by atoms with Gasteiger partial charge in [0.2, 0.25) is 5.91 Å². The van der Waals surface area contributed by atoms with Gasteiger partial charge in [0.1, 0.15) is 5.75 Å². The van der Waals surface area contributed by atoms with Gasteiger partial charge < -0.3 is 20.1 Å². The Labute approximate surface area is 201 Å². The predicted molar refractivity (Wildman–Crippen MR) is 133 cm³/mol. The van der Waals surface area contributed by atoms with Crippen LogP contribution in [0.5, 0.6) is 5.75 Å². The molecule has 0 radical (unpaired) electrons. The largest absolute Gasteiger partial charge is 0.493 e. The molecule has 180 valence electrons. The molecule has 1 fully saturated rings. The Morgan fingerprint density at radius 3 is 2.65 bits per heavy atom. The number of anilines is 2. The number of nitrogens with zero attached hydrogens (tertiary/aromatic N) is 1. The number of carboxylic acids is 1. The second kappa shape index (κ2) is 8.33. The summed E-state index contributed by atoms with van der Waals surface area (Å²) >= 11 is 0. The second-order valence-electron chi connectivity index (χ2n) is 11.1. The molecule has 3 aliphatic rings. The summed E-state index contributed by atoms with van der Waals surface area (Å²) in [5.74, 6) is 0.216. The molecule has 2 heterocycles. The van der Waals surface area contributed by atoms with Crippen molar-refractivity contribution in [1.29, 1.82) is 0 Å². The zero-order valence-corrected chi connectivity index (χ0v) is 20.3. The summed E-state index contributed by atoms with van der Waals surface area (Å²) < 4.78 is 5.73. The maximum atomic E-state index is 13.4. The Morgan fingerprint density at radius 1 is 1.15 bits per heavy atom. The van der Waals surface area contributed by atoms with E-state index in [1.165, 1.54) is 11.1 Å². The molecule has 2 aromatic carbocycles. The van der Waals surface area contributed by atoms with Crippen molar-refractivity contribution >= 4 is 23.3 Å². The van der Waals surface area contributed by atoms with Crippen LogP contribution in [0.2, 0.25) is 0 Å². The summed E-state index contributed by atoms with van der Waals surface area (Å²) in [4.78, 5) is 26.8. The fourth-order valence-corrected chi connectivity index (χ4v) is 5.53. The molecule has 1 aliphatic carbocycles. The number of benzene rings is 2. The number of carbonyl (C=O) groups excluding carboxylic acids is 1. The van der Waals surface area contributed by atoms with E-state index in [4.69, 9.17) is 9.84 Å². The van der Waals surface area contributed by atoms with Gasteiger partial charge in [-0.2, -0.15) is 0 Å². The van der Waals surface area contributed by atoms with Gasteiger partial charge in [0.15, 0.2) is 0 Å². The third-order valence-corrected chi connectivity index (χ3v) is 7.66. The van der Waals surface area contributed by atoms with Crippen LogP contribution >= 0.6 is 0 Å². The van der Waals surface area contributed by atoms with Gasteiger partial charge in [-0.1, -0.05) is 32.9 Å². The molecule has 5 rings (SSSR count). The number of hydrogen-bond donors (Lipinski definition) is 2. The summed E-state index contributed by atoms with van der Waals surface area (Å²) in [7, 11) is 0. The lowest BCUT2D eigenvalue weighted by Crippen LogP contribution is -2.42. The van der Waals surface area contributed by atoms with Crippen LogP contribution in [-0.4, -0.2) is 36.2 Å². The molecule has 1 atom stereocenters. The second-order valence-corrected chi connectivity index (χ2v) is 11.1. The summed E-state index contributed by atoms with van der Waals surface area (Å²) in [6, 6.07) is 12.7. The van der Waals surface area contributed by atoms with Crippen LogP contribution < -0.4 is 15.0 Å². The minimum absolute atomic E-state index is 0.0501. The first kappa shape index (κ1) is 22.8. The van der Waals surface area contributed by atoms with Gasteiger partial charge in [0.05, 0.1) is 12.0 Å². The average Bonchev–Trinajstić information content (AvgIpc) is 3.31. The van der Waals surface area contributed by atoms with Crippen LogP contribution in [0, 0.1) is 5.41 Å². The summed E-state index contributed by atoms with van der Waals surface area (Å²) in [6.07, 6.45) is 4.33. The Morgan fingerprint density at radius 2 is 1.94 bits per heavy atom. The molecule has 2 aromatic rings. The molecule has 0 aromatic heterocycles. The fourth-order valence-electron chi connectivity index (χ4n) is 5.53. The van der Waals surface area contributed by atoms with Crippen LogP contribution in [0.3, 0.4) is 0 Å². The molecule has 2 N–H and O–H groups in total. The van der Waals surface area contributed by atoms with Crippen molar-refractivity contribution in [2.45, 2.75) is 70.8 Å². The van der Waals surface area contributed by atoms with Crippen molar-refractivity contribution in [3.8, 4) is 5.75 Å². The Hall–Kier alpha value is -3.02. The highest BCUT2D eigenvalue weighted by molar-refractivity contribution is 6.01. The van der Waals surface area contributed by atoms with Crippen LogP contribution in [0.4, 0.5) is 11.4 Å². The zero-order valence-electron chi connectivity index (χ0n) is 20.3. The van der Waals surface area contributed by atoms with Crippen molar-refractivity contribution in [3.05, 3.63) is 53.1 Å². The third kappa shape index (κ3) is 4.15. The maximum Gasteiger partial charge on any atom is 0.303 e. The number of carbonyl (C=O) groups is 2. The first-order chi connectivity index (χ1) is 16.2. The van der Waals surface area contributed by atoms with Gasteiger partial charge in [-0.15, -0.1) is 0 Å². The number of fused-ring (bicyclic) bond motifs is 2. The molecule has 6 nitrogen and oxygen atoms in total. The van der Waals surface area contributed by atoms with Gasteiger partial charge in [0, 0.05) is 36.8 Å². The minimum atomic E-state index is -0.756. The average molecular weight is 463 g/mol. The summed E-state index contributed by atoms with van der Waals surface area (Å²) in [6.45, 7) is 8.13. The molecule has 6 heteroatoms. The van der Waals surface area contributed by atoms with Crippen LogP contribution in [0.15, 0.2) is 36.4 Å². The molecular weight excluding hydrogens is 428 g/mol. The van der Waals surface area contributed by atoms with Gasteiger partial charge >= 0.3 is 5.97 Å². The molecule has 1 saturated carbocycles. The van der Waals surface area contributed by atoms with Gasteiger partial charge in [-0.3, -0.25) is 9.59 Å². The molecule has 1 unspecified atom stereocenters. The molecule has 34 heavy (non-hydrogen) atoms. The van der Waals surface area contributed by atoms with Crippen molar-refractivity contribution < 1.29 is 19.4 Å². The number of hydrogen-bond acceptors (Lipinski definition) is 4. The Balaban J connectivity index is 1.34. The van der Waals surface area contributed by atoms with E-state index in [2.05, 4.69) is 61.3 Å². The number of carboxylic acid groups (broad SMARTS) is 1. The molecular formula is C28H34N2O4. The lowest BCUT2D eigenvalue weighted by molar-refractivity contribution is -0.137. The molecule has 1 amide bonds. The first-order valence-electron chi connectivity index (χ1n) is 12.4. The highest BCUT2D eigenvalue weighted by atomic mass is 16.5. The van der Waals surface area contributed by atoms with E-state index < -0.39 is 11.4 Å². The van der Waals surface area contributed by atoms with Crippen molar-refractivity contribution in [3.63, 3.8) is 0 Å². The number of amides is 1. The Kier molecular flexibility index (Phi) is 5.58. The van der Waals surface area contributed by atoms with E-state index in [9.17, 15) is 9.59 Å². The van der Waals surface area contributed by atoms with Crippen LogP contribution in [-0.2, 0) is 27.8 Å². The van der Waals surface area contributed by atoms with E-state index in [0.29, 0.717) is 12.5 Å². The monoisotopic (exact) mass is 462 g/mol. The smallest absolute Gasteiger partial charge is 0.303 e. The highest BCUT2D eigenvalue weighted by Gasteiger charge is 2.51. The zero-order chi connectivity index (χ0) is 24.1. The molecule has 0 saturated heterocycles. The van der Waals surface area contributed by atoms with Gasteiger partial charge in [-0.05, 0) is 72.1 Å². The van der Waals surface area contributed by atoms with E-state index in [1.807, 2.05) is 6.07 Å². The first-order valence-corrected chi connectivity index (χ1v) is 12.4. The van der Waals surface area contributed by atoms with Crippen molar-refractivity contribution in [1.82, 2.24) is 0 Å². The lowest BCUT2D eigenvalue weighted by Gasteiger charge is -2.37. The third-order valence-electron chi connectivity index (χ3n) is 7.66. The molecule has 2 aliphatic heterocycles. The topological polar surface area (TPSA) is 78.9 Å². The summed E-state index contributed by atoms with van der Waals surface area (Å²) in [5.41, 5.74) is 5.05. The predicted octanol–water partition coefficient (Wildman–Crippen LogP) is 4.93. The lowest BCUT2D eigenvalue weighted by atomic mass is 9.84. The quantitative estimate of drug-likeness (QED) is 0.610. The molecule has 0 bridgehead atoms. The summed E-state index contributed by atoms with van der Waals surface area (Å²) in [5, 5.41) is 12.3. The minimum Gasteiger partial charge on any atom is -0.493 e. The fraction of sp³-hybridized carbons (Fsp3) is 0.500. The SMILES string of the molecule is CC(C)(C)C1Cc2cc(NC(=O)C3(c4ccc5c(c4)OCC5)CC3)ccc2N1CCCC(=O)O. The number of nitrogens with one attached hydrogen (secondary N) is 1. The standard InChI is InChI=1S/C28H34N2O4/c1-27(2,3)24-16-19-15-21(8-9-22(19)30(24)13-4-5-25(31)32)29-26(33)28(11-12-28)20-7-6-18-10-14-34-23(18)17-20/h6-9,15,17,24H,4-5,10-14,16H2,1-3H3,(H,29,33)(H,31,32). The van der Waals surface area contributed by atoms with Crippen molar-refractivity contribution in [2.75, 3.05) is 23.4 Å². The Bertz CT molecular complexity index is 1130. The van der Waals surface area contributed by atoms with Crippen LogP contribution in [0.25, 0.3) is 0 Å². The van der Waals surface area contributed by atoms with Crippen molar-refractivity contribution in [2.24, 2.45) is 5.41 Å². The number of aliphatic carboxylic acids is 1. The number of ether oxygens (including phenoxy) is 1. The maximum absolute atomic E-state index is 13.4. The van der Waals surface area contributed by atoms with E-state index in [0.717, 1.165) is 61.5 Å². The van der Waals surface area contributed by atoms with E-state index in [-0.39, 0.29) is 17.7 Å². The van der Waals surface area contributed by atoms with Crippen LogP contribution in [0.1, 0.15) is 63.1 Å². The van der Waals surface area contributed by atoms with E-state index in [1.54, 1.807) is 0 Å². The van der Waals surface area contributed by atoms with Gasteiger partial charge in [-0.25, -0.2) is 0 Å². The number of rotatable bonds is 7. The van der Waals surface area contributed by atoms with Gasteiger partial charge in [0.25, 0.3) is 0 Å². The normalized spacial score (nSPS) is 19.9. The highest BCUT2D eigenvalue weighted by Crippen LogP contribution is 2.50. The molecule has 0 spiro atoms. The van der Waals surface area contributed by atoms with E-state index >= 15 is 0 Å².